The zero-order chi connectivity index (χ0) is 21.1. The zero-order valence-corrected chi connectivity index (χ0v) is 17.5. The highest BCUT2D eigenvalue weighted by Crippen LogP contribution is 2.45. The van der Waals surface area contributed by atoms with E-state index in [1.54, 1.807) is 33.6 Å². The fourth-order valence-electron chi connectivity index (χ4n) is 4.24. The van der Waals surface area contributed by atoms with Crippen LogP contribution in [-0.2, 0) is 6.42 Å². The lowest BCUT2D eigenvalue weighted by molar-refractivity contribution is 0.327. The maximum atomic E-state index is 14.0. The van der Waals surface area contributed by atoms with Crippen LogP contribution in [0.15, 0.2) is 36.5 Å². The summed E-state index contributed by atoms with van der Waals surface area (Å²) in [6, 6.07) is 8.97. The molecule has 1 aromatic heterocycles. The van der Waals surface area contributed by atoms with Crippen molar-refractivity contribution in [1.82, 2.24) is 10.2 Å². The van der Waals surface area contributed by atoms with Gasteiger partial charge in [-0.1, -0.05) is 18.2 Å². The first-order valence-electron chi connectivity index (χ1n) is 10.1. The topological polar surface area (TPSA) is 56.7 Å². The number of nitrogens with zero attached hydrogens (tertiary/aromatic N) is 3. The van der Waals surface area contributed by atoms with Crippen molar-refractivity contribution in [3.8, 4) is 17.2 Å². The molecule has 0 unspecified atom stereocenters. The zero-order valence-electron chi connectivity index (χ0n) is 17.5. The van der Waals surface area contributed by atoms with Crippen molar-refractivity contribution >= 4 is 16.6 Å². The highest BCUT2D eigenvalue weighted by Gasteiger charge is 2.25. The Morgan fingerprint density at radius 3 is 2.40 bits per heavy atom. The maximum Gasteiger partial charge on any atom is 0.204 e. The molecule has 0 N–H and O–H groups in total. The van der Waals surface area contributed by atoms with Gasteiger partial charge in [0.15, 0.2) is 17.3 Å². The molecule has 3 aromatic rings. The third kappa shape index (κ3) is 3.72. The third-order valence-corrected chi connectivity index (χ3v) is 5.83. The van der Waals surface area contributed by atoms with Gasteiger partial charge >= 0.3 is 0 Å². The molecule has 1 fully saturated rings. The summed E-state index contributed by atoms with van der Waals surface area (Å²) in [5.41, 5.74) is 0.794. The molecule has 0 aliphatic carbocycles. The van der Waals surface area contributed by atoms with Gasteiger partial charge in [-0.3, -0.25) is 0 Å². The summed E-state index contributed by atoms with van der Waals surface area (Å²) in [4.78, 5) is 2.23. The van der Waals surface area contributed by atoms with Crippen molar-refractivity contribution in [2.24, 2.45) is 5.92 Å². The average Bonchev–Trinajstić information content (AvgIpc) is 2.79. The standard InChI is InChI=1S/C23H26FN3O3/c1-28-20-13-17-18(21(29-2)22(20)30-3)14-25-26-23(17)27-10-8-15(9-11-27)12-16-6-4-5-7-19(16)24/h4-7,13-15H,8-12H2,1-3H3. The number of anilines is 1. The van der Waals surface area contributed by atoms with Gasteiger partial charge in [-0.15, -0.1) is 5.10 Å². The number of methoxy groups -OCH3 is 3. The van der Waals surface area contributed by atoms with E-state index in [1.165, 1.54) is 6.07 Å². The summed E-state index contributed by atoms with van der Waals surface area (Å²) in [5, 5.41) is 10.4. The molecule has 0 amide bonds. The Morgan fingerprint density at radius 2 is 1.73 bits per heavy atom. The lowest BCUT2D eigenvalue weighted by atomic mass is 9.90. The van der Waals surface area contributed by atoms with Gasteiger partial charge in [-0.05, 0) is 42.9 Å². The number of piperidine rings is 1. The molecule has 7 heteroatoms. The van der Waals surface area contributed by atoms with Gasteiger partial charge < -0.3 is 19.1 Å². The SMILES string of the molecule is COc1cc2c(N3CCC(Cc4ccccc4F)CC3)nncc2c(OC)c1OC. The van der Waals surface area contributed by atoms with Crippen molar-refractivity contribution in [1.29, 1.82) is 0 Å². The Hall–Kier alpha value is -3.09. The van der Waals surface area contributed by atoms with Gasteiger partial charge in [-0.25, -0.2) is 4.39 Å². The predicted octanol–water partition coefficient (Wildman–Crippen LogP) is 4.25. The lowest BCUT2D eigenvalue weighted by Crippen LogP contribution is -2.35. The Balaban J connectivity index is 1.59. The Bertz CT molecular complexity index is 1040. The van der Waals surface area contributed by atoms with Gasteiger partial charge in [0.25, 0.3) is 0 Å². The predicted molar refractivity (Wildman–Crippen MR) is 114 cm³/mol. The van der Waals surface area contributed by atoms with E-state index >= 15 is 0 Å². The minimum atomic E-state index is -0.118. The second-order valence-electron chi connectivity index (χ2n) is 7.50. The van der Waals surface area contributed by atoms with Crippen molar-refractivity contribution in [2.75, 3.05) is 39.3 Å². The Morgan fingerprint density at radius 1 is 1.00 bits per heavy atom. The van der Waals surface area contributed by atoms with Crippen LogP contribution in [0, 0.1) is 11.7 Å². The van der Waals surface area contributed by atoms with E-state index in [9.17, 15) is 4.39 Å². The van der Waals surface area contributed by atoms with Gasteiger partial charge in [0.1, 0.15) is 5.82 Å². The smallest absolute Gasteiger partial charge is 0.204 e. The summed E-state index contributed by atoms with van der Waals surface area (Å²) in [6.45, 7) is 1.67. The van der Waals surface area contributed by atoms with Crippen molar-refractivity contribution in [3.63, 3.8) is 0 Å². The largest absolute Gasteiger partial charge is 0.493 e. The second-order valence-corrected chi connectivity index (χ2v) is 7.50. The van der Waals surface area contributed by atoms with Gasteiger partial charge in [0.05, 0.1) is 32.9 Å². The number of hydrogen-bond acceptors (Lipinski definition) is 6. The van der Waals surface area contributed by atoms with Crippen LogP contribution >= 0.6 is 0 Å². The van der Waals surface area contributed by atoms with Crippen LogP contribution < -0.4 is 19.1 Å². The van der Waals surface area contributed by atoms with E-state index in [2.05, 4.69) is 15.1 Å². The Kier molecular flexibility index (Phi) is 5.88. The van der Waals surface area contributed by atoms with E-state index < -0.39 is 0 Å². The van der Waals surface area contributed by atoms with E-state index in [1.807, 2.05) is 18.2 Å². The quantitative estimate of drug-likeness (QED) is 0.604. The number of benzene rings is 2. The van der Waals surface area contributed by atoms with Gasteiger partial charge in [-0.2, -0.15) is 5.10 Å². The van der Waals surface area contributed by atoms with Crippen LogP contribution in [0.5, 0.6) is 17.2 Å². The van der Waals surface area contributed by atoms with Crippen LogP contribution in [0.25, 0.3) is 10.8 Å². The summed E-state index contributed by atoms with van der Waals surface area (Å²) in [5.74, 6) is 2.84. The summed E-state index contributed by atoms with van der Waals surface area (Å²) in [7, 11) is 4.79. The maximum absolute atomic E-state index is 14.0. The molecule has 0 bridgehead atoms. The van der Waals surface area contributed by atoms with Crippen molar-refractivity contribution < 1.29 is 18.6 Å². The molecule has 0 radical (unpaired) electrons. The number of ether oxygens (including phenoxy) is 3. The van der Waals surface area contributed by atoms with Gasteiger partial charge in [0.2, 0.25) is 5.75 Å². The molecular weight excluding hydrogens is 385 g/mol. The van der Waals surface area contributed by atoms with Crippen LogP contribution in [0.4, 0.5) is 10.2 Å². The fraction of sp³-hybridized carbons (Fsp3) is 0.391. The molecule has 6 nitrogen and oxygen atoms in total. The molecule has 0 atom stereocenters. The highest BCUT2D eigenvalue weighted by molar-refractivity contribution is 5.99. The average molecular weight is 411 g/mol. The monoisotopic (exact) mass is 411 g/mol. The highest BCUT2D eigenvalue weighted by atomic mass is 19.1. The number of rotatable bonds is 6. The molecule has 2 aromatic carbocycles. The minimum absolute atomic E-state index is 0.118. The number of halogens is 1. The summed E-state index contributed by atoms with van der Waals surface area (Å²) >= 11 is 0. The second kappa shape index (κ2) is 8.73. The minimum Gasteiger partial charge on any atom is -0.493 e. The van der Waals surface area contributed by atoms with E-state index in [0.29, 0.717) is 23.2 Å². The summed E-state index contributed by atoms with van der Waals surface area (Å²) < 4.78 is 30.6. The van der Waals surface area contributed by atoms with Crippen molar-refractivity contribution in [2.45, 2.75) is 19.3 Å². The van der Waals surface area contributed by atoms with Crippen LogP contribution in [0.2, 0.25) is 0 Å². The molecular formula is C23H26FN3O3. The number of fused-ring (bicyclic) bond motifs is 1. The normalized spacial score (nSPS) is 14.7. The first kappa shape index (κ1) is 20.2. The third-order valence-electron chi connectivity index (χ3n) is 5.83. The number of aromatic nitrogens is 2. The molecule has 30 heavy (non-hydrogen) atoms. The lowest BCUT2D eigenvalue weighted by Gasteiger charge is -2.33. The van der Waals surface area contributed by atoms with Crippen molar-refractivity contribution in [3.05, 3.63) is 47.9 Å². The van der Waals surface area contributed by atoms with Gasteiger partial charge in [0, 0.05) is 18.5 Å². The molecule has 1 saturated heterocycles. The van der Waals surface area contributed by atoms with Crippen LogP contribution in [0.1, 0.15) is 18.4 Å². The fourth-order valence-corrected chi connectivity index (χ4v) is 4.24. The molecule has 4 rings (SSSR count). The van der Waals surface area contributed by atoms with Crippen LogP contribution in [-0.4, -0.2) is 44.6 Å². The van der Waals surface area contributed by atoms with E-state index in [0.717, 1.165) is 54.5 Å². The first-order chi connectivity index (χ1) is 14.7. The molecule has 158 valence electrons. The Labute approximate surface area is 175 Å². The molecule has 2 heterocycles. The van der Waals surface area contributed by atoms with E-state index in [-0.39, 0.29) is 5.82 Å². The molecule has 1 aliphatic heterocycles. The molecule has 0 saturated carbocycles. The van der Waals surface area contributed by atoms with Crippen LogP contribution in [0.3, 0.4) is 0 Å². The molecule has 1 aliphatic rings. The first-order valence-corrected chi connectivity index (χ1v) is 10.1. The molecule has 0 spiro atoms. The van der Waals surface area contributed by atoms with E-state index in [4.69, 9.17) is 14.2 Å². The summed E-state index contributed by atoms with van der Waals surface area (Å²) in [6.07, 6.45) is 4.39. The number of hydrogen-bond donors (Lipinski definition) is 0.